The van der Waals surface area contributed by atoms with Gasteiger partial charge in [0.05, 0.1) is 12.2 Å². The van der Waals surface area contributed by atoms with E-state index in [9.17, 15) is 8.42 Å². The Morgan fingerprint density at radius 1 is 1.08 bits per heavy atom. The maximum absolute atomic E-state index is 12.8. The molecule has 3 atom stereocenters. The van der Waals surface area contributed by atoms with Crippen molar-refractivity contribution in [1.29, 1.82) is 0 Å². The Morgan fingerprint density at radius 3 is 2.42 bits per heavy atom. The second-order valence-electron chi connectivity index (χ2n) is 6.49. The van der Waals surface area contributed by atoms with Gasteiger partial charge in [0.1, 0.15) is 0 Å². The Hall–Kier alpha value is -1.47. The van der Waals surface area contributed by atoms with Crippen LogP contribution in [0, 0.1) is 0 Å². The van der Waals surface area contributed by atoms with Crippen LogP contribution in [0.15, 0.2) is 42.5 Å². The summed E-state index contributed by atoms with van der Waals surface area (Å²) in [5.74, 6) is 0. The lowest BCUT2D eigenvalue weighted by atomic mass is 10.0. The van der Waals surface area contributed by atoms with Crippen molar-refractivity contribution in [1.82, 2.24) is 9.03 Å². The zero-order valence-electron chi connectivity index (χ0n) is 14.3. The van der Waals surface area contributed by atoms with Gasteiger partial charge in [-0.3, -0.25) is 0 Å². The zero-order valence-corrected chi connectivity index (χ0v) is 15.1. The first-order valence-corrected chi connectivity index (χ1v) is 9.71. The molecule has 0 bridgehead atoms. The van der Waals surface area contributed by atoms with Gasteiger partial charge in [0.2, 0.25) is 0 Å². The molecule has 1 heterocycles. The fourth-order valence-electron chi connectivity index (χ4n) is 3.32. The normalized spacial score (nSPS) is 24.1. The zero-order chi connectivity index (χ0) is 17.3. The quantitative estimate of drug-likeness (QED) is 0.924. The molecular formula is C18H24N2O3S. The number of morpholine rings is 1. The molecule has 3 unspecified atom stereocenters. The van der Waals surface area contributed by atoms with Gasteiger partial charge in [0.15, 0.2) is 0 Å². The maximum atomic E-state index is 12.8. The summed E-state index contributed by atoms with van der Waals surface area (Å²) in [5, 5.41) is 2.17. The number of benzene rings is 2. The van der Waals surface area contributed by atoms with E-state index in [1.807, 2.05) is 63.2 Å². The summed E-state index contributed by atoms with van der Waals surface area (Å²) in [6.07, 6.45) is -0.198. The van der Waals surface area contributed by atoms with Gasteiger partial charge in [-0.25, -0.2) is 0 Å². The third-order valence-electron chi connectivity index (χ3n) is 4.34. The SMILES string of the molecule is CC1CN(S(=O)(=O)NC(C)c2cccc3ccccc23)CC(C)O1. The van der Waals surface area contributed by atoms with Crippen LogP contribution in [0.5, 0.6) is 0 Å². The van der Waals surface area contributed by atoms with Crippen LogP contribution in [0.3, 0.4) is 0 Å². The first-order chi connectivity index (χ1) is 11.4. The number of ether oxygens (including phenoxy) is 1. The molecule has 1 fully saturated rings. The van der Waals surface area contributed by atoms with Gasteiger partial charge in [0, 0.05) is 19.1 Å². The van der Waals surface area contributed by atoms with Crippen molar-refractivity contribution in [2.45, 2.75) is 39.0 Å². The lowest BCUT2D eigenvalue weighted by Crippen LogP contribution is -2.52. The second kappa shape index (κ2) is 6.80. The van der Waals surface area contributed by atoms with E-state index in [0.717, 1.165) is 16.3 Å². The van der Waals surface area contributed by atoms with E-state index < -0.39 is 10.2 Å². The molecular weight excluding hydrogens is 324 g/mol. The van der Waals surface area contributed by atoms with Crippen molar-refractivity contribution in [2.24, 2.45) is 0 Å². The van der Waals surface area contributed by atoms with Crippen LogP contribution in [-0.2, 0) is 14.9 Å². The van der Waals surface area contributed by atoms with Crippen molar-refractivity contribution < 1.29 is 13.2 Å². The maximum Gasteiger partial charge on any atom is 0.280 e. The van der Waals surface area contributed by atoms with E-state index in [4.69, 9.17) is 4.74 Å². The molecule has 5 nitrogen and oxygen atoms in total. The Kier molecular flexibility index (Phi) is 4.92. The van der Waals surface area contributed by atoms with Crippen LogP contribution in [0.25, 0.3) is 10.8 Å². The monoisotopic (exact) mass is 348 g/mol. The Bertz CT molecular complexity index is 807. The standard InChI is InChI=1S/C18H24N2O3S/c1-13-11-20(12-14(2)23-13)24(21,22)19-15(3)17-10-6-8-16-7-4-5-9-18(16)17/h4-10,13-15,19H,11-12H2,1-3H3. The third kappa shape index (κ3) is 3.62. The summed E-state index contributed by atoms with van der Waals surface area (Å²) in [7, 11) is -3.56. The molecule has 6 heteroatoms. The van der Waals surface area contributed by atoms with Crippen molar-refractivity contribution in [3.05, 3.63) is 48.0 Å². The number of hydrogen-bond donors (Lipinski definition) is 1. The van der Waals surface area contributed by atoms with Crippen LogP contribution in [-0.4, -0.2) is 38.0 Å². The molecule has 1 saturated heterocycles. The number of fused-ring (bicyclic) bond motifs is 1. The van der Waals surface area contributed by atoms with Gasteiger partial charge >= 0.3 is 0 Å². The van der Waals surface area contributed by atoms with Gasteiger partial charge in [-0.1, -0.05) is 42.5 Å². The van der Waals surface area contributed by atoms with E-state index in [2.05, 4.69) is 4.72 Å². The van der Waals surface area contributed by atoms with Gasteiger partial charge in [-0.2, -0.15) is 17.4 Å². The van der Waals surface area contributed by atoms with Crippen LogP contribution < -0.4 is 4.72 Å². The summed E-state index contributed by atoms with van der Waals surface area (Å²) < 4.78 is 35.4. The molecule has 24 heavy (non-hydrogen) atoms. The summed E-state index contributed by atoms with van der Waals surface area (Å²) in [4.78, 5) is 0. The highest BCUT2D eigenvalue weighted by molar-refractivity contribution is 7.87. The fourth-order valence-corrected chi connectivity index (χ4v) is 4.85. The van der Waals surface area contributed by atoms with Crippen molar-refractivity contribution in [2.75, 3.05) is 13.1 Å². The van der Waals surface area contributed by atoms with Crippen molar-refractivity contribution >= 4 is 21.0 Å². The Morgan fingerprint density at radius 2 is 1.71 bits per heavy atom. The summed E-state index contributed by atoms with van der Waals surface area (Å²) in [6.45, 7) is 6.43. The molecule has 3 rings (SSSR count). The molecule has 1 aliphatic heterocycles. The topological polar surface area (TPSA) is 58.6 Å². The van der Waals surface area contributed by atoms with Crippen LogP contribution in [0.4, 0.5) is 0 Å². The van der Waals surface area contributed by atoms with E-state index in [1.54, 1.807) is 0 Å². The Labute approximate surface area is 143 Å². The first kappa shape index (κ1) is 17.4. The molecule has 0 aliphatic carbocycles. The summed E-state index contributed by atoms with van der Waals surface area (Å²) >= 11 is 0. The molecule has 2 aromatic carbocycles. The van der Waals surface area contributed by atoms with Crippen LogP contribution in [0.2, 0.25) is 0 Å². The molecule has 1 aliphatic rings. The van der Waals surface area contributed by atoms with E-state index in [-0.39, 0.29) is 18.2 Å². The van der Waals surface area contributed by atoms with Crippen LogP contribution >= 0.6 is 0 Å². The molecule has 0 amide bonds. The Balaban J connectivity index is 1.84. The molecule has 0 spiro atoms. The van der Waals surface area contributed by atoms with E-state index >= 15 is 0 Å². The predicted octanol–water partition coefficient (Wildman–Crippen LogP) is 2.84. The minimum atomic E-state index is -3.56. The predicted molar refractivity (Wildman–Crippen MR) is 96.0 cm³/mol. The van der Waals surface area contributed by atoms with Gasteiger partial charge < -0.3 is 4.74 Å². The average molecular weight is 348 g/mol. The molecule has 2 aromatic rings. The average Bonchev–Trinajstić information content (AvgIpc) is 2.53. The lowest BCUT2D eigenvalue weighted by Gasteiger charge is -2.35. The molecule has 0 saturated carbocycles. The minimum absolute atomic E-state index is 0.0989. The summed E-state index contributed by atoms with van der Waals surface area (Å²) in [6, 6.07) is 13.7. The minimum Gasteiger partial charge on any atom is -0.373 e. The van der Waals surface area contributed by atoms with Crippen molar-refractivity contribution in [3.63, 3.8) is 0 Å². The number of hydrogen-bond acceptors (Lipinski definition) is 3. The smallest absolute Gasteiger partial charge is 0.280 e. The van der Waals surface area contributed by atoms with Gasteiger partial charge in [-0.05, 0) is 37.1 Å². The molecule has 1 N–H and O–H groups in total. The largest absolute Gasteiger partial charge is 0.373 e. The van der Waals surface area contributed by atoms with E-state index in [0.29, 0.717) is 13.1 Å². The third-order valence-corrected chi connectivity index (χ3v) is 5.97. The van der Waals surface area contributed by atoms with Crippen LogP contribution in [0.1, 0.15) is 32.4 Å². The molecule has 0 aromatic heterocycles. The highest BCUT2D eigenvalue weighted by Gasteiger charge is 2.32. The first-order valence-electron chi connectivity index (χ1n) is 8.27. The van der Waals surface area contributed by atoms with Gasteiger partial charge in [-0.15, -0.1) is 0 Å². The lowest BCUT2D eigenvalue weighted by molar-refractivity contribution is -0.0444. The molecule has 130 valence electrons. The number of nitrogens with one attached hydrogen (secondary N) is 1. The van der Waals surface area contributed by atoms with Gasteiger partial charge in [0.25, 0.3) is 10.2 Å². The second-order valence-corrected chi connectivity index (χ2v) is 8.19. The number of rotatable bonds is 4. The highest BCUT2D eigenvalue weighted by Crippen LogP contribution is 2.25. The highest BCUT2D eigenvalue weighted by atomic mass is 32.2. The fraction of sp³-hybridized carbons (Fsp3) is 0.444. The number of nitrogens with zero attached hydrogens (tertiary/aromatic N) is 1. The van der Waals surface area contributed by atoms with Crippen molar-refractivity contribution in [3.8, 4) is 0 Å². The molecule has 0 radical (unpaired) electrons. The summed E-state index contributed by atoms with van der Waals surface area (Å²) in [5.41, 5.74) is 0.978. The van der Waals surface area contributed by atoms with E-state index in [1.165, 1.54) is 4.31 Å².